The second kappa shape index (κ2) is 7.42. The number of para-hydroxylation sites is 1. The molecule has 0 aromatic heterocycles. The summed E-state index contributed by atoms with van der Waals surface area (Å²) >= 11 is 0. The molecular weight excluding hydrogens is 216 g/mol. The van der Waals surface area contributed by atoms with Crippen LogP contribution >= 0.6 is 0 Å². The number of nitrogens with zero attached hydrogens (tertiary/aromatic N) is 2. The van der Waals surface area contributed by atoms with Gasteiger partial charge in [0.05, 0.1) is 19.0 Å². The highest BCUT2D eigenvalue weighted by Crippen LogP contribution is 2.13. The lowest BCUT2D eigenvalue weighted by atomic mass is 10.2. The summed E-state index contributed by atoms with van der Waals surface area (Å²) in [6.07, 6.45) is 0.398. The van der Waals surface area contributed by atoms with Crippen molar-refractivity contribution in [2.45, 2.75) is 6.42 Å². The highest BCUT2D eigenvalue weighted by molar-refractivity contribution is 5.84. The zero-order chi connectivity index (χ0) is 12.5. The number of carbonyl (C=O) groups excluding carboxylic acids is 1. The standard InChI is InChI=1S/C13H16N2O2/c1-17-11-13(16)10-15(9-5-8-14)12-6-3-2-4-7-12/h2-4,6-7H,5,9-11H2,1H3. The summed E-state index contributed by atoms with van der Waals surface area (Å²) in [7, 11) is 1.50. The van der Waals surface area contributed by atoms with Crippen LogP contribution in [0.4, 0.5) is 5.69 Å². The maximum Gasteiger partial charge on any atom is 0.177 e. The molecule has 0 aliphatic rings. The van der Waals surface area contributed by atoms with Crippen LogP contribution in [0.25, 0.3) is 0 Å². The number of carbonyl (C=O) groups is 1. The van der Waals surface area contributed by atoms with Crippen molar-refractivity contribution in [1.82, 2.24) is 0 Å². The molecule has 0 radical (unpaired) electrons. The SMILES string of the molecule is COCC(=O)CN(CCC#N)c1ccccc1. The van der Waals surface area contributed by atoms with E-state index in [0.717, 1.165) is 5.69 Å². The van der Waals surface area contributed by atoms with Crippen molar-refractivity contribution in [3.8, 4) is 6.07 Å². The molecule has 90 valence electrons. The minimum atomic E-state index is 0.00860. The Kier molecular flexibility index (Phi) is 5.76. The summed E-state index contributed by atoms with van der Waals surface area (Å²) < 4.78 is 4.80. The first-order valence-electron chi connectivity index (χ1n) is 5.45. The van der Waals surface area contributed by atoms with Crippen LogP contribution in [0.5, 0.6) is 0 Å². The van der Waals surface area contributed by atoms with Gasteiger partial charge in [-0.25, -0.2) is 0 Å². The predicted octanol–water partition coefficient (Wildman–Crippen LogP) is 1.62. The number of nitriles is 1. The summed E-state index contributed by atoms with van der Waals surface area (Å²) in [6, 6.07) is 11.7. The predicted molar refractivity (Wildman–Crippen MR) is 65.8 cm³/mol. The Labute approximate surface area is 101 Å². The van der Waals surface area contributed by atoms with E-state index in [0.29, 0.717) is 13.0 Å². The Morgan fingerprint density at radius 2 is 2.12 bits per heavy atom. The monoisotopic (exact) mass is 232 g/mol. The van der Waals surface area contributed by atoms with Crippen LogP contribution in [0.3, 0.4) is 0 Å². The van der Waals surface area contributed by atoms with Gasteiger partial charge in [-0.05, 0) is 12.1 Å². The van der Waals surface area contributed by atoms with Crippen LogP contribution in [-0.2, 0) is 9.53 Å². The second-order valence-electron chi connectivity index (χ2n) is 3.64. The van der Waals surface area contributed by atoms with Gasteiger partial charge in [0.15, 0.2) is 5.78 Å². The molecule has 0 saturated heterocycles. The Hall–Kier alpha value is -1.86. The molecule has 1 aromatic rings. The van der Waals surface area contributed by atoms with Crippen LogP contribution in [0.1, 0.15) is 6.42 Å². The van der Waals surface area contributed by atoms with Crippen molar-refractivity contribution in [1.29, 1.82) is 5.26 Å². The minimum absolute atomic E-state index is 0.00860. The van der Waals surface area contributed by atoms with Crippen molar-refractivity contribution < 1.29 is 9.53 Å². The largest absolute Gasteiger partial charge is 0.377 e. The number of hydrogen-bond acceptors (Lipinski definition) is 4. The highest BCUT2D eigenvalue weighted by Gasteiger charge is 2.10. The van der Waals surface area contributed by atoms with E-state index in [1.807, 2.05) is 35.2 Å². The smallest absolute Gasteiger partial charge is 0.177 e. The minimum Gasteiger partial charge on any atom is -0.377 e. The van der Waals surface area contributed by atoms with Gasteiger partial charge in [0, 0.05) is 19.3 Å². The molecule has 1 rings (SSSR count). The van der Waals surface area contributed by atoms with E-state index in [1.54, 1.807) is 0 Å². The number of rotatable bonds is 7. The molecule has 4 heteroatoms. The Morgan fingerprint density at radius 1 is 1.41 bits per heavy atom. The molecule has 0 heterocycles. The summed E-state index contributed by atoms with van der Waals surface area (Å²) in [4.78, 5) is 13.4. The van der Waals surface area contributed by atoms with Crippen LogP contribution in [0.15, 0.2) is 30.3 Å². The third kappa shape index (κ3) is 4.66. The topological polar surface area (TPSA) is 53.3 Å². The van der Waals surface area contributed by atoms with E-state index in [9.17, 15) is 4.79 Å². The number of benzene rings is 1. The van der Waals surface area contributed by atoms with E-state index < -0.39 is 0 Å². The number of ether oxygens (including phenoxy) is 1. The fourth-order valence-electron chi connectivity index (χ4n) is 1.54. The van der Waals surface area contributed by atoms with Crippen LogP contribution in [0, 0.1) is 11.3 Å². The molecule has 0 unspecified atom stereocenters. The molecular formula is C13H16N2O2. The molecule has 0 N–H and O–H groups in total. The van der Waals surface area contributed by atoms with Gasteiger partial charge < -0.3 is 9.64 Å². The molecule has 0 saturated carbocycles. The third-order valence-electron chi connectivity index (χ3n) is 2.29. The second-order valence-corrected chi connectivity index (χ2v) is 3.64. The highest BCUT2D eigenvalue weighted by atomic mass is 16.5. The third-order valence-corrected chi connectivity index (χ3v) is 2.29. The van der Waals surface area contributed by atoms with Gasteiger partial charge in [-0.1, -0.05) is 18.2 Å². The lowest BCUT2D eigenvalue weighted by Crippen LogP contribution is -2.32. The van der Waals surface area contributed by atoms with Gasteiger partial charge in [-0.3, -0.25) is 4.79 Å². The first kappa shape index (κ1) is 13.2. The van der Waals surface area contributed by atoms with Gasteiger partial charge in [-0.15, -0.1) is 0 Å². The van der Waals surface area contributed by atoms with E-state index in [-0.39, 0.29) is 18.9 Å². The van der Waals surface area contributed by atoms with Crippen molar-refractivity contribution in [3.05, 3.63) is 30.3 Å². The molecule has 0 amide bonds. The molecule has 1 aromatic carbocycles. The molecule has 0 bridgehead atoms. The average molecular weight is 232 g/mol. The lowest BCUT2D eigenvalue weighted by molar-refractivity contribution is -0.121. The van der Waals surface area contributed by atoms with Gasteiger partial charge in [0.25, 0.3) is 0 Å². The van der Waals surface area contributed by atoms with Crippen molar-refractivity contribution in [3.63, 3.8) is 0 Å². The van der Waals surface area contributed by atoms with Crippen LogP contribution < -0.4 is 4.90 Å². The van der Waals surface area contributed by atoms with Crippen molar-refractivity contribution >= 4 is 11.5 Å². The molecule has 0 fully saturated rings. The molecule has 4 nitrogen and oxygen atoms in total. The van der Waals surface area contributed by atoms with Crippen LogP contribution in [-0.4, -0.2) is 32.6 Å². The van der Waals surface area contributed by atoms with E-state index in [4.69, 9.17) is 10.00 Å². The molecule has 17 heavy (non-hydrogen) atoms. The number of methoxy groups -OCH3 is 1. The zero-order valence-electron chi connectivity index (χ0n) is 9.93. The summed E-state index contributed by atoms with van der Waals surface area (Å²) in [5.74, 6) is 0.00860. The van der Waals surface area contributed by atoms with Gasteiger partial charge >= 0.3 is 0 Å². The number of ketones is 1. The Morgan fingerprint density at radius 3 is 2.71 bits per heavy atom. The zero-order valence-corrected chi connectivity index (χ0v) is 9.93. The van der Waals surface area contributed by atoms with E-state index >= 15 is 0 Å². The maximum atomic E-state index is 11.5. The fourth-order valence-corrected chi connectivity index (χ4v) is 1.54. The number of anilines is 1. The maximum absolute atomic E-state index is 11.5. The first-order valence-corrected chi connectivity index (χ1v) is 5.45. The lowest BCUT2D eigenvalue weighted by Gasteiger charge is -2.22. The van der Waals surface area contributed by atoms with Crippen molar-refractivity contribution in [2.75, 3.05) is 31.7 Å². The molecule has 0 aliphatic carbocycles. The average Bonchev–Trinajstić information content (AvgIpc) is 2.36. The van der Waals surface area contributed by atoms with Crippen molar-refractivity contribution in [2.24, 2.45) is 0 Å². The summed E-state index contributed by atoms with van der Waals surface area (Å²) in [6.45, 7) is 0.936. The molecule has 0 atom stereocenters. The van der Waals surface area contributed by atoms with E-state index in [2.05, 4.69) is 6.07 Å². The van der Waals surface area contributed by atoms with Crippen LogP contribution in [0.2, 0.25) is 0 Å². The fraction of sp³-hybridized carbons (Fsp3) is 0.385. The summed E-state index contributed by atoms with van der Waals surface area (Å²) in [5, 5.41) is 8.61. The number of hydrogen-bond donors (Lipinski definition) is 0. The molecule has 0 aliphatic heterocycles. The number of Topliss-reactive ketones (excluding diaryl/α,β-unsaturated/α-hetero) is 1. The Bertz CT molecular complexity index is 384. The van der Waals surface area contributed by atoms with E-state index in [1.165, 1.54) is 7.11 Å². The quantitative estimate of drug-likeness (QED) is 0.717. The Balaban J connectivity index is 2.67. The first-order chi connectivity index (χ1) is 8.27. The van der Waals surface area contributed by atoms with Gasteiger partial charge in [0.2, 0.25) is 0 Å². The van der Waals surface area contributed by atoms with Gasteiger partial charge in [-0.2, -0.15) is 5.26 Å². The normalized spacial score (nSPS) is 9.65. The summed E-state index contributed by atoms with van der Waals surface area (Å²) in [5.41, 5.74) is 0.951. The molecule has 0 spiro atoms. The van der Waals surface area contributed by atoms with Gasteiger partial charge in [0.1, 0.15) is 6.61 Å².